The second kappa shape index (κ2) is 8.11. The molecule has 0 aliphatic heterocycles. The number of hydrogen-bond acceptors (Lipinski definition) is 2. The summed E-state index contributed by atoms with van der Waals surface area (Å²) in [4.78, 5) is 25.6. The molecule has 0 aromatic heterocycles. The van der Waals surface area contributed by atoms with Crippen LogP contribution in [0.5, 0.6) is 0 Å². The van der Waals surface area contributed by atoms with Crippen LogP contribution in [0.1, 0.15) is 23.6 Å². The number of aryl methyl sites for hydroxylation is 2. The third-order valence-corrected chi connectivity index (χ3v) is 4.61. The molecule has 24 heavy (non-hydrogen) atoms. The molecule has 0 spiro atoms. The average Bonchev–Trinajstić information content (AvgIpc) is 2.54. The summed E-state index contributed by atoms with van der Waals surface area (Å²) >= 11 is 3.46. The summed E-state index contributed by atoms with van der Waals surface area (Å²) in [7, 11) is 0. The maximum Gasteiger partial charge on any atom is 0.240 e. The predicted molar refractivity (Wildman–Crippen MR) is 99.9 cm³/mol. The Morgan fingerprint density at radius 2 is 1.75 bits per heavy atom. The molecule has 0 radical (unpaired) electrons. The maximum atomic E-state index is 12.2. The van der Waals surface area contributed by atoms with Crippen molar-refractivity contribution in [2.24, 2.45) is 0 Å². The first-order chi connectivity index (χ1) is 11.4. The van der Waals surface area contributed by atoms with Gasteiger partial charge in [0.25, 0.3) is 0 Å². The number of amides is 2. The zero-order valence-electron chi connectivity index (χ0n) is 14.1. The Labute approximate surface area is 151 Å². The summed E-state index contributed by atoms with van der Waals surface area (Å²) in [6.07, 6.45) is 0. The average molecular weight is 389 g/mol. The Morgan fingerprint density at radius 3 is 2.33 bits per heavy atom. The lowest BCUT2D eigenvalue weighted by atomic mass is 10.1. The van der Waals surface area contributed by atoms with E-state index in [0.717, 1.165) is 15.6 Å². The number of anilines is 1. The summed E-state index contributed by atoms with van der Waals surface area (Å²) in [6, 6.07) is 13.6. The second-order valence-corrected chi connectivity index (χ2v) is 6.66. The number of hydrogen-bond donors (Lipinski definition) is 1. The standard InChI is InChI=1S/C19H21BrN2O2/c1-13-4-7-16(8-5-13)11-21-19(24)12-22(15(3)23)17-9-6-14(2)18(20)10-17/h4-10H,11-12H2,1-3H3,(H,21,24). The number of carbonyl (C=O) groups excluding carboxylic acids is 2. The molecule has 2 amide bonds. The summed E-state index contributed by atoms with van der Waals surface area (Å²) < 4.78 is 0.909. The molecule has 0 heterocycles. The Bertz CT molecular complexity index is 742. The van der Waals surface area contributed by atoms with E-state index in [1.54, 1.807) is 0 Å². The molecule has 0 saturated heterocycles. The molecule has 0 aliphatic carbocycles. The van der Waals surface area contributed by atoms with Gasteiger partial charge in [-0.05, 0) is 37.1 Å². The van der Waals surface area contributed by atoms with Crippen molar-refractivity contribution in [2.75, 3.05) is 11.4 Å². The van der Waals surface area contributed by atoms with Crippen molar-refractivity contribution in [1.82, 2.24) is 5.32 Å². The van der Waals surface area contributed by atoms with E-state index in [9.17, 15) is 9.59 Å². The predicted octanol–water partition coefficient (Wildman–Crippen LogP) is 3.74. The maximum absolute atomic E-state index is 12.2. The van der Waals surface area contributed by atoms with E-state index >= 15 is 0 Å². The molecule has 1 N–H and O–H groups in total. The molecule has 2 rings (SSSR count). The smallest absolute Gasteiger partial charge is 0.240 e. The van der Waals surface area contributed by atoms with Crippen LogP contribution in [0.4, 0.5) is 5.69 Å². The van der Waals surface area contributed by atoms with Crippen LogP contribution in [0, 0.1) is 13.8 Å². The summed E-state index contributed by atoms with van der Waals surface area (Å²) in [5, 5.41) is 2.85. The third kappa shape index (κ3) is 4.93. The molecule has 0 bridgehead atoms. The first-order valence-corrected chi connectivity index (χ1v) is 8.52. The van der Waals surface area contributed by atoms with Crippen molar-refractivity contribution in [3.05, 3.63) is 63.6 Å². The van der Waals surface area contributed by atoms with Gasteiger partial charge in [0.05, 0.1) is 0 Å². The number of nitrogens with one attached hydrogen (secondary N) is 1. The van der Waals surface area contributed by atoms with Gasteiger partial charge in [-0.1, -0.05) is 51.8 Å². The number of halogens is 1. The fraction of sp³-hybridized carbons (Fsp3) is 0.263. The van der Waals surface area contributed by atoms with Gasteiger partial charge >= 0.3 is 0 Å². The van der Waals surface area contributed by atoms with Gasteiger partial charge in [0.15, 0.2) is 0 Å². The molecule has 126 valence electrons. The zero-order valence-corrected chi connectivity index (χ0v) is 15.7. The van der Waals surface area contributed by atoms with Crippen molar-refractivity contribution in [2.45, 2.75) is 27.3 Å². The van der Waals surface area contributed by atoms with Crippen LogP contribution in [0.25, 0.3) is 0 Å². The molecular weight excluding hydrogens is 368 g/mol. The normalized spacial score (nSPS) is 10.3. The number of carbonyl (C=O) groups is 2. The largest absolute Gasteiger partial charge is 0.350 e. The van der Waals surface area contributed by atoms with Gasteiger partial charge in [-0.25, -0.2) is 0 Å². The van der Waals surface area contributed by atoms with E-state index < -0.39 is 0 Å². The molecular formula is C19H21BrN2O2. The highest BCUT2D eigenvalue weighted by Gasteiger charge is 2.16. The van der Waals surface area contributed by atoms with E-state index in [1.165, 1.54) is 17.4 Å². The van der Waals surface area contributed by atoms with Crippen LogP contribution < -0.4 is 10.2 Å². The van der Waals surface area contributed by atoms with E-state index in [0.29, 0.717) is 12.2 Å². The van der Waals surface area contributed by atoms with Gasteiger partial charge in [-0.15, -0.1) is 0 Å². The first-order valence-electron chi connectivity index (χ1n) is 7.73. The topological polar surface area (TPSA) is 49.4 Å². The van der Waals surface area contributed by atoms with E-state index in [4.69, 9.17) is 0 Å². The quantitative estimate of drug-likeness (QED) is 0.847. The lowest BCUT2D eigenvalue weighted by molar-refractivity contribution is -0.123. The summed E-state index contributed by atoms with van der Waals surface area (Å²) in [5.41, 5.74) is 3.98. The summed E-state index contributed by atoms with van der Waals surface area (Å²) in [6.45, 7) is 5.90. The van der Waals surface area contributed by atoms with Crippen molar-refractivity contribution in [3.63, 3.8) is 0 Å². The van der Waals surface area contributed by atoms with E-state index in [-0.39, 0.29) is 18.4 Å². The lowest BCUT2D eigenvalue weighted by Crippen LogP contribution is -2.39. The van der Waals surface area contributed by atoms with Crippen LogP contribution in [0.2, 0.25) is 0 Å². The number of rotatable bonds is 5. The van der Waals surface area contributed by atoms with Crippen LogP contribution >= 0.6 is 15.9 Å². The number of benzene rings is 2. The highest BCUT2D eigenvalue weighted by molar-refractivity contribution is 9.10. The SMILES string of the molecule is CC(=O)N(CC(=O)NCc1ccc(C)cc1)c1ccc(C)c(Br)c1. The lowest BCUT2D eigenvalue weighted by Gasteiger charge is -2.21. The van der Waals surface area contributed by atoms with Crippen molar-refractivity contribution in [1.29, 1.82) is 0 Å². The highest BCUT2D eigenvalue weighted by atomic mass is 79.9. The van der Waals surface area contributed by atoms with Gasteiger partial charge in [0, 0.05) is 23.6 Å². The molecule has 4 nitrogen and oxygen atoms in total. The molecule has 0 atom stereocenters. The Balaban J connectivity index is 2.01. The molecule has 2 aromatic rings. The van der Waals surface area contributed by atoms with Gasteiger partial charge in [0.1, 0.15) is 6.54 Å². The third-order valence-electron chi connectivity index (χ3n) is 3.76. The van der Waals surface area contributed by atoms with Crippen molar-refractivity contribution in [3.8, 4) is 0 Å². The van der Waals surface area contributed by atoms with Gasteiger partial charge < -0.3 is 10.2 Å². The molecule has 2 aromatic carbocycles. The van der Waals surface area contributed by atoms with E-state index in [1.807, 2.05) is 56.3 Å². The fourth-order valence-corrected chi connectivity index (χ4v) is 2.61. The van der Waals surface area contributed by atoms with Gasteiger partial charge in [-0.2, -0.15) is 0 Å². The van der Waals surface area contributed by atoms with Crippen molar-refractivity contribution < 1.29 is 9.59 Å². The minimum absolute atomic E-state index is 0.00328. The molecule has 5 heteroatoms. The van der Waals surface area contributed by atoms with Gasteiger partial charge in [-0.3, -0.25) is 9.59 Å². The monoisotopic (exact) mass is 388 g/mol. The Morgan fingerprint density at radius 1 is 1.08 bits per heavy atom. The minimum atomic E-state index is -0.192. The zero-order chi connectivity index (χ0) is 17.7. The van der Waals surface area contributed by atoms with Crippen LogP contribution in [-0.4, -0.2) is 18.4 Å². The number of nitrogens with zero attached hydrogens (tertiary/aromatic N) is 1. The molecule has 0 saturated carbocycles. The Hall–Kier alpha value is -2.14. The van der Waals surface area contributed by atoms with Crippen molar-refractivity contribution >= 4 is 33.4 Å². The Kier molecular flexibility index (Phi) is 6.15. The summed E-state index contributed by atoms with van der Waals surface area (Å²) in [5.74, 6) is -0.362. The van der Waals surface area contributed by atoms with Crippen LogP contribution in [-0.2, 0) is 16.1 Å². The van der Waals surface area contributed by atoms with E-state index in [2.05, 4.69) is 21.2 Å². The van der Waals surface area contributed by atoms with Crippen LogP contribution in [0.3, 0.4) is 0 Å². The highest BCUT2D eigenvalue weighted by Crippen LogP contribution is 2.23. The van der Waals surface area contributed by atoms with Crippen LogP contribution in [0.15, 0.2) is 46.9 Å². The minimum Gasteiger partial charge on any atom is -0.350 e. The molecule has 0 aliphatic rings. The second-order valence-electron chi connectivity index (χ2n) is 5.80. The van der Waals surface area contributed by atoms with Gasteiger partial charge in [0.2, 0.25) is 11.8 Å². The molecule has 0 unspecified atom stereocenters. The fourth-order valence-electron chi connectivity index (χ4n) is 2.24. The molecule has 0 fully saturated rings. The first kappa shape index (κ1) is 18.2.